The fourth-order valence-corrected chi connectivity index (χ4v) is 3.26. The molecule has 0 aromatic heterocycles. The molecule has 1 aliphatic rings. The molecule has 1 aliphatic heterocycles. The first-order chi connectivity index (χ1) is 14.6. The Morgan fingerprint density at radius 1 is 1.07 bits per heavy atom. The second-order valence-corrected chi connectivity index (χ2v) is 7.14. The molecule has 30 heavy (non-hydrogen) atoms. The topological polar surface area (TPSA) is 71.9 Å². The highest BCUT2D eigenvalue weighted by Gasteiger charge is 2.14. The molecule has 2 amide bonds. The van der Waals surface area contributed by atoms with Crippen LogP contribution in [0.1, 0.15) is 22.3 Å². The third kappa shape index (κ3) is 6.79. The maximum atomic E-state index is 13.0. The first-order valence-corrected chi connectivity index (χ1v) is 10.1. The summed E-state index contributed by atoms with van der Waals surface area (Å²) in [5.74, 6) is -0.913. The van der Waals surface area contributed by atoms with Gasteiger partial charge in [0.2, 0.25) is 5.91 Å². The van der Waals surface area contributed by atoms with Gasteiger partial charge in [-0.1, -0.05) is 24.3 Å². The fraction of sp³-hybridized carbons (Fsp3) is 0.304. The lowest BCUT2D eigenvalue weighted by Gasteiger charge is -2.23. The first-order valence-electron chi connectivity index (χ1n) is 10.1. The lowest BCUT2D eigenvalue weighted by Crippen LogP contribution is -3.14. The van der Waals surface area contributed by atoms with E-state index in [4.69, 9.17) is 4.74 Å². The van der Waals surface area contributed by atoms with Crippen molar-refractivity contribution < 1.29 is 23.6 Å². The Balaban J connectivity index is 1.50. The lowest BCUT2D eigenvalue weighted by atomic mass is 10.1. The molecule has 7 heteroatoms. The number of ether oxygens (including phenoxy) is 1. The van der Waals surface area contributed by atoms with E-state index in [-0.39, 0.29) is 17.6 Å². The van der Waals surface area contributed by atoms with Crippen molar-refractivity contribution in [3.8, 4) is 0 Å². The van der Waals surface area contributed by atoms with E-state index < -0.39 is 0 Å². The van der Waals surface area contributed by atoms with E-state index in [2.05, 4.69) is 10.6 Å². The molecule has 1 heterocycles. The van der Waals surface area contributed by atoms with Crippen LogP contribution < -0.4 is 15.5 Å². The average Bonchev–Trinajstić information content (AvgIpc) is 2.77. The average molecular weight is 412 g/mol. The minimum atomic E-state index is -0.365. The van der Waals surface area contributed by atoms with Gasteiger partial charge in [0.05, 0.1) is 31.0 Å². The fourth-order valence-electron chi connectivity index (χ4n) is 3.26. The second-order valence-electron chi connectivity index (χ2n) is 7.14. The number of halogens is 1. The van der Waals surface area contributed by atoms with Crippen molar-refractivity contribution >= 4 is 23.6 Å². The number of morpholine rings is 1. The zero-order chi connectivity index (χ0) is 21.2. The molecule has 2 aromatic carbocycles. The predicted octanol–water partition coefficient (Wildman–Crippen LogP) is 1.51. The molecule has 6 nitrogen and oxygen atoms in total. The van der Waals surface area contributed by atoms with Crippen molar-refractivity contribution in [2.24, 2.45) is 0 Å². The quantitative estimate of drug-likeness (QED) is 0.455. The van der Waals surface area contributed by atoms with Gasteiger partial charge in [0, 0.05) is 19.0 Å². The molecule has 0 unspecified atom stereocenters. The molecule has 3 N–H and O–H groups in total. The lowest BCUT2D eigenvalue weighted by molar-refractivity contribution is -0.908. The predicted molar refractivity (Wildman–Crippen MR) is 114 cm³/mol. The number of hydrogen-bond acceptors (Lipinski definition) is 3. The van der Waals surface area contributed by atoms with E-state index in [1.807, 2.05) is 0 Å². The van der Waals surface area contributed by atoms with Crippen LogP contribution in [0.3, 0.4) is 0 Å². The maximum Gasteiger partial charge on any atom is 0.253 e. The van der Waals surface area contributed by atoms with Crippen molar-refractivity contribution in [3.63, 3.8) is 0 Å². The van der Waals surface area contributed by atoms with Gasteiger partial charge in [-0.2, -0.15) is 0 Å². The number of carbonyl (C=O) groups excluding carboxylic acids is 2. The number of benzene rings is 2. The zero-order valence-electron chi connectivity index (χ0n) is 16.8. The summed E-state index contributed by atoms with van der Waals surface area (Å²) in [5, 5.41) is 5.66. The summed E-state index contributed by atoms with van der Waals surface area (Å²) >= 11 is 0. The largest absolute Gasteiger partial charge is 0.370 e. The number of anilines is 1. The van der Waals surface area contributed by atoms with Crippen LogP contribution >= 0.6 is 0 Å². The van der Waals surface area contributed by atoms with E-state index >= 15 is 0 Å². The van der Waals surface area contributed by atoms with E-state index in [0.717, 1.165) is 39.3 Å². The van der Waals surface area contributed by atoms with Crippen LogP contribution in [0.25, 0.3) is 6.08 Å². The van der Waals surface area contributed by atoms with E-state index in [9.17, 15) is 14.0 Å². The molecule has 1 saturated heterocycles. The van der Waals surface area contributed by atoms with Crippen LogP contribution in [0.15, 0.2) is 54.6 Å². The molecule has 0 spiro atoms. The van der Waals surface area contributed by atoms with Crippen LogP contribution in [0.2, 0.25) is 0 Å². The summed E-state index contributed by atoms with van der Waals surface area (Å²) in [5.41, 5.74) is 1.57. The third-order valence-corrected chi connectivity index (χ3v) is 4.92. The van der Waals surface area contributed by atoms with Crippen LogP contribution in [0.5, 0.6) is 0 Å². The molecule has 3 rings (SSSR count). The smallest absolute Gasteiger partial charge is 0.253 e. The third-order valence-electron chi connectivity index (χ3n) is 4.92. The van der Waals surface area contributed by atoms with Gasteiger partial charge in [-0.3, -0.25) is 9.59 Å². The summed E-state index contributed by atoms with van der Waals surface area (Å²) < 4.78 is 18.3. The van der Waals surface area contributed by atoms with Gasteiger partial charge in [-0.05, 0) is 35.9 Å². The number of quaternary nitrogens is 1. The Morgan fingerprint density at radius 3 is 2.57 bits per heavy atom. The van der Waals surface area contributed by atoms with Crippen LogP contribution in [-0.4, -0.2) is 51.2 Å². The van der Waals surface area contributed by atoms with Gasteiger partial charge in [-0.25, -0.2) is 4.39 Å². The van der Waals surface area contributed by atoms with Crippen LogP contribution in [0.4, 0.5) is 10.1 Å². The summed E-state index contributed by atoms with van der Waals surface area (Å²) in [6, 6.07) is 12.7. The minimum Gasteiger partial charge on any atom is -0.370 e. The second kappa shape index (κ2) is 11.2. The van der Waals surface area contributed by atoms with Gasteiger partial charge in [0.15, 0.2) is 0 Å². The number of carbonyl (C=O) groups is 2. The molecule has 1 fully saturated rings. The highest BCUT2D eigenvalue weighted by molar-refractivity contribution is 6.07. The summed E-state index contributed by atoms with van der Waals surface area (Å²) in [6.45, 7) is 5.18. The van der Waals surface area contributed by atoms with Crippen molar-refractivity contribution in [2.45, 2.75) is 6.42 Å². The first kappa shape index (κ1) is 21.7. The number of rotatable bonds is 8. The molecule has 0 aliphatic carbocycles. The van der Waals surface area contributed by atoms with Gasteiger partial charge in [0.1, 0.15) is 18.9 Å². The molecule has 158 valence electrons. The molecule has 0 atom stereocenters. The number of amides is 2. The summed E-state index contributed by atoms with van der Waals surface area (Å²) in [6.07, 6.45) is 3.83. The highest BCUT2D eigenvalue weighted by Crippen LogP contribution is 2.15. The number of hydrogen-bond donors (Lipinski definition) is 3. The SMILES string of the molecule is O=C(/C=C/c1ccc(F)cc1)Nc1ccccc1C(=O)NCCC[NH+]1CCOCC1. The summed E-state index contributed by atoms with van der Waals surface area (Å²) in [7, 11) is 0. The van der Waals surface area contributed by atoms with E-state index in [1.165, 1.54) is 23.1 Å². The molecular formula is C23H27FN3O3+. The minimum absolute atomic E-state index is 0.217. The Hall–Kier alpha value is -3.03. The van der Waals surface area contributed by atoms with E-state index in [0.29, 0.717) is 23.4 Å². The van der Waals surface area contributed by atoms with Gasteiger partial charge >= 0.3 is 0 Å². The van der Waals surface area contributed by atoms with Gasteiger partial charge in [-0.15, -0.1) is 0 Å². The van der Waals surface area contributed by atoms with Crippen molar-refractivity contribution in [1.82, 2.24) is 5.32 Å². The number of nitrogens with one attached hydrogen (secondary N) is 3. The molecular weight excluding hydrogens is 385 g/mol. The van der Waals surface area contributed by atoms with Gasteiger partial charge in [0.25, 0.3) is 5.91 Å². The van der Waals surface area contributed by atoms with Crippen molar-refractivity contribution in [1.29, 1.82) is 0 Å². The van der Waals surface area contributed by atoms with Gasteiger partial charge < -0.3 is 20.3 Å². The molecule has 0 saturated carbocycles. The molecule has 0 radical (unpaired) electrons. The molecule has 2 aromatic rings. The van der Waals surface area contributed by atoms with E-state index in [1.54, 1.807) is 42.5 Å². The van der Waals surface area contributed by atoms with Crippen LogP contribution in [0, 0.1) is 5.82 Å². The zero-order valence-corrected chi connectivity index (χ0v) is 16.8. The number of para-hydroxylation sites is 1. The van der Waals surface area contributed by atoms with Crippen molar-refractivity contribution in [3.05, 3.63) is 71.6 Å². The Kier molecular flexibility index (Phi) is 8.11. The Bertz CT molecular complexity index is 878. The normalized spacial score (nSPS) is 14.6. The van der Waals surface area contributed by atoms with Crippen LogP contribution in [-0.2, 0) is 9.53 Å². The standard InChI is InChI=1S/C23H26FN3O3/c24-19-9-6-18(7-10-19)8-11-22(28)26-21-5-2-1-4-20(21)23(29)25-12-3-13-27-14-16-30-17-15-27/h1-2,4-11H,3,12-17H2,(H,25,29)(H,26,28)/p+1/b11-8+. The Labute approximate surface area is 175 Å². The monoisotopic (exact) mass is 412 g/mol. The highest BCUT2D eigenvalue weighted by atomic mass is 19.1. The maximum absolute atomic E-state index is 13.0. The molecule has 0 bridgehead atoms. The Morgan fingerprint density at radius 2 is 1.80 bits per heavy atom. The van der Waals surface area contributed by atoms with Crippen molar-refractivity contribution in [2.75, 3.05) is 44.7 Å². The summed E-state index contributed by atoms with van der Waals surface area (Å²) in [4.78, 5) is 26.3.